The highest BCUT2D eigenvalue weighted by Gasteiger charge is 2.27. The molecule has 0 fully saturated rings. The van der Waals surface area contributed by atoms with Gasteiger partial charge in [-0.15, -0.1) is 0 Å². The van der Waals surface area contributed by atoms with E-state index in [0.29, 0.717) is 18.6 Å². The second-order valence-corrected chi connectivity index (χ2v) is 7.98. The molecule has 0 saturated heterocycles. The predicted octanol–water partition coefficient (Wildman–Crippen LogP) is 4.60. The van der Waals surface area contributed by atoms with Crippen LogP contribution in [0.25, 0.3) is 11.1 Å². The van der Waals surface area contributed by atoms with Crippen molar-refractivity contribution in [1.82, 2.24) is 0 Å². The van der Waals surface area contributed by atoms with Crippen molar-refractivity contribution >= 4 is 0 Å². The van der Waals surface area contributed by atoms with Gasteiger partial charge in [-0.1, -0.05) is 6.07 Å². The average molecular weight is 357 g/mol. The smallest absolute Gasteiger partial charge is 0.128 e. The fourth-order valence-corrected chi connectivity index (χ4v) is 3.84. The molecule has 0 spiro atoms. The summed E-state index contributed by atoms with van der Waals surface area (Å²) in [5.41, 5.74) is 11.5. The summed E-state index contributed by atoms with van der Waals surface area (Å²) in [4.78, 5) is 0. The van der Waals surface area contributed by atoms with E-state index < -0.39 is 5.60 Å². The summed E-state index contributed by atoms with van der Waals surface area (Å²) in [6, 6.07) is 7.21. The van der Waals surface area contributed by atoms with Gasteiger partial charge in [-0.25, -0.2) is 4.39 Å². The quantitative estimate of drug-likeness (QED) is 0.822. The van der Waals surface area contributed by atoms with Crippen LogP contribution in [0.1, 0.15) is 55.0 Å². The molecular formula is C22H28FNO2. The van der Waals surface area contributed by atoms with E-state index in [1.165, 1.54) is 6.07 Å². The Hall–Kier alpha value is -1.91. The third kappa shape index (κ3) is 3.76. The van der Waals surface area contributed by atoms with Gasteiger partial charge in [0.1, 0.15) is 11.6 Å². The number of rotatable bonds is 5. The Labute approximate surface area is 155 Å². The van der Waals surface area contributed by atoms with Crippen LogP contribution in [-0.4, -0.2) is 17.3 Å². The van der Waals surface area contributed by atoms with Gasteiger partial charge in [-0.3, -0.25) is 0 Å². The van der Waals surface area contributed by atoms with Crippen LogP contribution in [0.3, 0.4) is 0 Å². The summed E-state index contributed by atoms with van der Waals surface area (Å²) in [5.74, 6) is 0.596. The maximum atomic E-state index is 14.2. The Bertz CT molecular complexity index is 801. The number of fused-ring (bicyclic) bond motifs is 1. The van der Waals surface area contributed by atoms with Crippen molar-refractivity contribution < 1.29 is 14.2 Å². The molecule has 26 heavy (non-hydrogen) atoms. The molecule has 3 rings (SSSR count). The second kappa shape index (κ2) is 7.01. The molecule has 1 atom stereocenters. The number of halogens is 1. The lowest BCUT2D eigenvalue weighted by atomic mass is 9.90. The first-order chi connectivity index (χ1) is 12.2. The van der Waals surface area contributed by atoms with E-state index in [2.05, 4.69) is 13.8 Å². The van der Waals surface area contributed by atoms with Crippen LogP contribution in [0.5, 0.6) is 5.75 Å². The third-order valence-corrected chi connectivity index (χ3v) is 5.14. The van der Waals surface area contributed by atoms with Crippen LogP contribution in [0.2, 0.25) is 0 Å². The number of benzene rings is 2. The van der Waals surface area contributed by atoms with Gasteiger partial charge in [-0.05, 0) is 86.6 Å². The molecule has 0 aromatic heterocycles. The zero-order valence-electron chi connectivity index (χ0n) is 16.0. The molecule has 2 aromatic carbocycles. The first-order valence-corrected chi connectivity index (χ1v) is 9.21. The predicted molar refractivity (Wildman–Crippen MR) is 103 cm³/mol. The fourth-order valence-electron chi connectivity index (χ4n) is 3.84. The van der Waals surface area contributed by atoms with Gasteiger partial charge < -0.3 is 15.6 Å². The molecule has 2 aromatic rings. The van der Waals surface area contributed by atoms with Crippen molar-refractivity contribution in [2.75, 3.05) is 6.61 Å². The summed E-state index contributed by atoms with van der Waals surface area (Å²) in [7, 11) is 0. The average Bonchev–Trinajstić information content (AvgIpc) is 2.90. The van der Waals surface area contributed by atoms with Crippen LogP contribution >= 0.6 is 0 Å². The SMILES string of the molecule is Cc1cc(OCCC(C)(C)O)cc(C)c1-c1ccc(F)c2c1CC[C@H]2N. The van der Waals surface area contributed by atoms with E-state index in [0.717, 1.165) is 46.4 Å². The van der Waals surface area contributed by atoms with E-state index in [-0.39, 0.29) is 11.9 Å². The largest absolute Gasteiger partial charge is 0.493 e. The molecule has 140 valence electrons. The number of hydrogen-bond acceptors (Lipinski definition) is 3. The van der Waals surface area contributed by atoms with Gasteiger partial charge in [0.2, 0.25) is 0 Å². The molecule has 0 bridgehead atoms. The third-order valence-electron chi connectivity index (χ3n) is 5.14. The minimum Gasteiger partial charge on any atom is -0.493 e. The monoisotopic (exact) mass is 357 g/mol. The molecule has 0 heterocycles. The van der Waals surface area contributed by atoms with Crippen LogP contribution in [0.15, 0.2) is 24.3 Å². The van der Waals surface area contributed by atoms with Gasteiger partial charge >= 0.3 is 0 Å². The molecule has 1 aliphatic rings. The minimum absolute atomic E-state index is 0.198. The van der Waals surface area contributed by atoms with Crippen molar-refractivity contribution in [3.8, 4) is 16.9 Å². The van der Waals surface area contributed by atoms with Crippen LogP contribution in [-0.2, 0) is 6.42 Å². The summed E-state index contributed by atoms with van der Waals surface area (Å²) in [6.07, 6.45) is 2.17. The first kappa shape index (κ1) is 18.9. The normalized spacial score (nSPS) is 16.7. The van der Waals surface area contributed by atoms with E-state index >= 15 is 0 Å². The van der Waals surface area contributed by atoms with Crippen molar-refractivity contribution in [3.63, 3.8) is 0 Å². The van der Waals surface area contributed by atoms with Crippen molar-refractivity contribution in [2.45, 2.75) is 58.6 Å². The lowest BCUT2D eigenvalue weighted by Crippen LogP contribution is -2.21. The summed E-state index contributed by atoms with van der Waals surface area (Å²) in [6.45, 7) is 8.11. The van der Waals surface area contributed by atoms with Crippen molar-refractivity contribution in [3.05, 3.63) is 52.3 Å². The highest BCUT2D eigenvalue weighted by molar-refractivity contribution is 5.76. The first-order valence-electron chi connectivity index (χ1n) is 9.21. The Kier molecular flexibility index (Phi) is 5.09. The second-order valence-electron chi connectivity index (χ2n) is 7.98. The number of aryl methyl sites for hydroxylation is 2. The topological polar surface area (TPSA) is 55.5 Å². The van der Waals surface area contributed by atoms with Gasteiger partial charge in [-0.2, -0.15) is 0 Å². The number of nitrogens with two attached hydrogens (primary N) is 1. The van der Waals surface area contributed by atoms with Crippen molar-refractivity contribution in [2.24, 2.45) is 5.73 Å². The van der Waals surface area contributed by atoms with E-state index in [4.69, 9.17) is 10.5 Å². The summed E-state index contributed by atoms with van der Waals surface area (Å²) < 4.78 is 20.0. The molecule has 0 saturated carbocycles. The zero-order chi connectivity index (χ0) is 19.1. The standard InChI is InChI=1S/C22H28FNO2/c1-13-11-15(26-10-9-22(3,4)25)12-14(2)20(13)16-5-7-18(23)21-17(16)6-8-19(21)24/h5,7,11-12,19,25H,6,8-10,24H2,1-4H3/t19-/m1/s1. The molecule has 3 N–H and O–H groups in total. The molecule has 1 aliphatic carbocycles. The maximum absolute atomic E-state index is 14.2. The lowest BCUT2D eigenvalue weighted by molar-refractivity contribution is 0.0553. The molecule has 4 heteroatoms. The number of hydrogen-bond donors (Lipinski definition) is 2. The number of ether oxygens (including phenoxy) is 1. The number of aliphatic hydroxyl groups is 1. The van der Waals surface area contributed by atoms with Gasteiger partial charge in [0.15, 0.2) is 0 Å². The van der Waals surface area contributed by atoms with Crippen LogP contribution in [0, 0.1) is 19.7 Å². The Morgan fingerprint density at radius 2 is 1.88 bits per heavy atom. The van der Waals surface area contributed by atoms with E-state index in [1.807, 2.05) is 18.2 Å². The fraction of sp³-hybridized carbons (Fsp3) is 0.455. The van der Waals surface area contributed by atoms with Crippen LogP contribution in [0.4, 0.5) is 4.39 Å². The molecular weight excluding hydrogens is 329 g/mol. The van der Waals surface area contributed by atoms with Gasteiger partial charge in [0, 0.05) is 18.0 Å². The van der Waals surface area contributed by atoms with Crippen molar-refractivity contribution in [1.29, 1.82) is 0 Å². The highest BCUT2D eigenvalue weighted by Crippen LogP contribution is 2.41. The zero-order valence-corrected chi connectivity index (χ0v) is 16.0. The van der Waals surface area contributed by atoms with Gasteiger partial charge in [0.25, 0.3) is 0 Å². The van der Waals surface area contributed by atoms with E-state index in [9.17, 15) is 9.50 Å². The summed E-state index contributed by atoms with van der Waals surface area (Å²) >= 11 is 0. The molecule has 0 amide bonds. The molecule has 3 nitrogen and oxygen atoms in total. The van der Waals surface area contributed by atoms with E-state index in [1.54, 1.807) is 13.8 Å². The Morgan fingerprint density at radius 1 is 1.23 bits per heavy atom. The summed E-state index contributed by atoms with van der Waals surface area (Å²) in [5, 5.41) is 9.81. The molecule has 0 radical (unpaired) electrons. The van der Waals surface area contributed by atoms with Gasteiger partial charge in [0.05, 0.1) is 12.2 Å². The Balaban J connectivity index is 1.93. The lowest BCUT2D eigenvalue weighted by Gasteiger charge is -2.19. The Morgan fingerprint density at radius 3 is 2.50 bits per heavy atom. The van der Waals surface area contributed by atoms with Crippen LogP contribution < -0.4 is 10.5 Å². The molecule has 0 aliphatic heterocycles. The maximum Gasteiger partial charge on any atom is 0.128 e. The molecule has 0 unspecified atom stereocenters. The highest BCUT2D eigenvalue weighted by atomic mass is 19.1. The minimum atomic E-state index is -0.739.